The quantitative estimate of drug-likeness (QED) is 0.700. The van der Waals surface area contributed by atoms with Gasteiger partial charge in [-0.25, -0.2) is 4.79 Å². The fourth-order valence-electron chi connectivity index (χ4n) is 5.96. The summed E-state index contributed by atoms with van der Waals surface area (Å²) >= 11 is 0. The van der Waals surface area contributed by atoms with Crippen molar-refractivity contribution in [3.8, 4) is 5.88 Å². The predicted molar refractivity (Wildman–Crippen MR) is 118 cm³/mol. The maximum absolute atomic E-state index is 14.6. The number of fused-ring (bicyclic) bond motifs is 3. The Morgan fingerprint density at radius 2 is 2.09 bits per heavy atom. The standard InChI is InChI=1S/C24H28N4O4/c1-7-31-21(29)17-19(25)32-20-16(13(4)26-27-20)24(17)15-9-11(2)8-14-12(3)10-23(5,6)28(18(14)15)22(24)30/h8-9,12H,7,10,25H2,1-6H3,(H,26,27)/t12-,24-/m1/s1. The molecular formula is C24H28N4O4. The molecule has 168 valence electrons. The zero-order valence-electron chi connectivity index (χ0n) is 19.3. The molecule has 0 aliphatic carbocycles. The van der Waals surface area contributed by atoms with Crippen LogP contribution in [-0.4, -0.2) is 34.2 Å². The molecule has 1 aromatic heterocycles. The Balaban J connectivity index is 1.96. The SMILES string of the molecule is CCOC(=O)C1=C(N)Oc2n[nH]c(C)c2[C@@]12C(=O)N1c3c(cc(C)cc32)[C@H](C)CC1(C)C. The average Bonchev–Trinajstić information content (AvgIpc) is 3.17. The van der Waals surface area contributed by atoms with Gasteiger partial charge in [0.2, 0.25) is 17.7 Å². The molecule has 8 heteroatoms. The minimum atomic E-state index is -1.49. The summed E-state index contributed by atoms with van der Waals surface area (Å²) in [5.74, 6) is -0.587. The van der Waals surface area contributed by atoms with Gasteiger partial charge in [0.05, 0.1) is 17.9 Å². The number of nitrogens with one attached hydrogen (secondary N) is 1. The number of aryl methyl sites for hydroxylation is 2. The Hall–Kier alpha value is -3.29. The third-order valence-corrected chi connectivity index (χ3v) is 6.97. The summed E-state index contributed by atoms with van der Waals surface area (Å²) in [5.41, 5.74) is 9.25. The van der Waals surface area contributed by atoms with Gasteiger partial charge in [-0.1, -0.05) is 24.6 Å². The van der Waals surface area contributed by atoms with Crippen LogP contribution in [0, 0.1) is 13.8 Å². The first-order valence-corrected chi connectivity index (χ1v) is 11.0. The number of carbonyl (C=O) groups excluding carboxylic acids is 2. The number of aromatic nitrogens is 2. The number of nitrogens with zero attached hydrogens (tertiary/aromatic N) is 2. The van der Waals surface area contributed by atoms with E-state index >= 15 is 0 Å². The summed E-state index contributed by atoms with van der Waals surface area (Å²) in [5, 5.41) is 7.17. The van der Waals surface area contributed by atoms with E-state index in [2.05, 4.69) is 37.0 Å². The molecule has 1 aromatic carbocycles. The van der Waals surface area contributed by atoms with Crippen LogP contribution in [0.2, 0.25) is 0 Å². The smallest absolute Gasteiger partial charge is 0.341 e. The van der Waals surface area contributed by atoms with Crippen molar-refractivity contribution in [2.45, 2.75) is 64.8 Å². The first-order chi connectivity index (χ1) is 15.1. The van der Waals surface area contributed by atoms with Crippen molar-refractivity contribution >= 4 is 17.6 Å². The number of nitrogens with two attached hydrogens (primary N) is 1. The lowest BCUT2D eigenvalue weighted by Crippen LogP contribution is -2.55. The number of ether oxygens (including phenoxy) is 2. The number of amides is 1. The summed E-state index contributed by atoms with van der Waals surface area (Å²) in [7, 11) is 0. The number of esters is 1. The summed E-state index contributed by atoms with van der Waals surface area (Å²) in [6.07, 6.45) is 0.798. The number of rotatable bonds is 2. The third kappa shape index (κ3) is 2.29. The van der Waals surface area contributed by atoms with Crippen LogP contribution in [0.3, 0.4) is 0 Å². The normalized spacial score (nSPS) is 25.0. The fraction of sp³-hybridized carbons (Fsp3) is 0.458. The highest BCUT2D eigenvalue weighted by molar-refractivity contribution is 6.20. The van der Waals surface area contributed by atoms with Gasteiger partial charge in [-0.3, -0.25) is 9.89 Å². The van der Waals surface area contributed by atoms with Gasteiger partial charge >= 0.3 is 5.97 Å². The molecular weight excluding hydrogens is 408 g/mol. The molecule has 5 rings (SSSR count). The lowest BCUT2D eigenvalue weighted by molar-refractivity contribution is -0.141. The van der Waals surface area contributed by atoms with Crippen molar-refractivity contribution in [1.29, 1.82) is 0 Å². The molecule has 0 saturated carbocycles. The van der Waals surface area contributed by atoms with Crippen LogP contribution in [0.4, 0.5) is 5.69 Å². The minimum Gasteiger partial charge on any atom is -0.462 e. The number of aromatic amines is 1. The number of benzene rings is 1. The molecule has 4 heterocycles. The molecule has 3 N–H and O–H groups in total. The van der Waals surface area contributed by atoms with Gasteiger partial charge in [0.1, 0.15) is 11.0 Å². The Kier molecular flexibility index (Phi) is 4.10. The number of H-pyrrole nitrogens is 1. The first kappa shape index (κ1) is 20.6. The molecule has 1 spiro atoms. The molecule has 0 fully saturated rings. The zero-order chi connectivity index (χ0) is 23.2. The van der Waals surface area contributed by atoms with E-state index < -0.39 is 16.9 Å². The number of hydrogen-bond donors (Lipinski definition) is 2. The Bertz CT molecular complexity index is 1220. The maximum atomic E-state index is 14.6. The van der Waals surface area contributed by atoms with Crippen molar-refractivity contribution < 1.29 is 19.1 Å². The minimum absolute atomic E-state index is 0.0204. The van der Waals surface area contributed by atoms with Crippen molar-refractivity contribution in [3.63, 3.8) is 0 Å². The van der Waals surface area contributed by atoms with E-state index in [1.165, 1.54) is 0 Å². The Morgan fingerprint density at radius 3 is 2.78 bits per heavy atom. The summed E-state index contributed by atoms with van der Waals surface area (Å²) < 4.78 is 11.1. The lowest BCUT2D eigenvalue weighted by atomic mass is 9.68. The summed E-state index contributed by atoms with van der Waals surface area (Å²) in [6.45, 7) is 12.0. The first-order valence-electron chi connectivity index (χ1n) is 11.0. The van der Waals surface area contributed by atoms with Crippen molar-refractivity contribution in [1.82, 2.24) is 10.2 Å². The second-order valence-electron chi connectivity index (χ2n) is 9.65. The fourth-order valence-corrected chi connectivity index (χ4v) is 5.96. The van der Waals surface area contributed by atoms with E-state index in [4.69, 9.17) is 15.2 Å². The molecule has 3 aliphatic heterocycles. The van der Waals surface area contributed by atoms with Crippen molar-refractivity contribution in [3.05, 3.63) is 51.5 Å². The van der Waals surface area contributed by atoms with Crippen LogP contribution >= 0.6 is 0 Å². The largest absolute Gasteiger partial charge is 0.462 e. The van der Waals surface area contributed by atoms with Gasteiger partial charge in [0.15, 0.2) is 0 Å². The van der Waals surface area contributed by atoms with E-state index in [1.54, 1.807) is 6.92 Å². The zero-order valence-corrected chi connectivity index (χ0v) is 19.3. The van der Waals surface area contributed by atoms with E-state index in [9.17, 15) is 9.59 Å². The molecule has 0 bridgehead atoms. The van der Waals surface area contributed by atoms with E-state index in [0.29, 0.717) is 11.3 Å². The van der Waals surface area contributed by atoms with Crippen LogP contribution in [-0.2, 0) is 19.7 Å². The van der Waals surface area contributed by atoms with Crippen LogP contribution in [0.15, 0.2) is 23.6 Å². The highest BCUT2D eigenvalue weighted by atomic mass is 16.5. The molecule has 32 heavy (non-hydrogen) atoms. The van der Waals surface area contributed by atoms with E-state index in [-0.39, 0.29) is 35.8 Å². The second kappa shape index (κ2) is 6.37. The lowest BCUT2D eigenvalue weighted by Gasteiger charge is -2.44. The molecule has 2 aromatic rings. The molecule has 8 nitrogen and oxygen atoms in total. The van der Waals surface area contributed by atoms with Crippen LogP contribution in [0.25, 0.3) is 0 Å². The number of anilines is 1. The molecule has 3 aliphatic rings. The average molecular weight is 437 g/mol. The monoisotopic (exact) mass is 436 g/mol. The van der Waals surface area contributed by atoms with Gasteiger partial charge in [0, 0.05) is 16.8 Å². The van der Waals surface area contributed by atoms with Crippen LogP contribution < -0.4 is 15.4 Å². The second-order valence-corrected chi connectivity index (χ2v) is 9.65. The Morgan fingerprint density at radius 1 is 1.38 bits per heavy atom. The maximum Gasteiger partial charge on any atom is 0.341 e. The molecule has 0 saturated heterocycles. The summed E-state index contributed by atoms with van der Waals surface area (Å²) in [4.78, 5) is 29.8. The van der Waals surface area contributed by atoms with E-state index in [1.807, 2.05) is 24.8 Å². The van der Waals surface area contributed by atoms with Crippen LogP contribution in [0.5, 0.6) is 5.88 Å². The molecule has 1 amide bonds. The van der Waals surface area contributed by atoms with E-state index in [0.717, 1.165) is 28.8 Å². The number of hydrogen-bond acceptors (Lipinski definition) is 6. The topological polar surface area (TPSA) is 111 Å². The van der Waals surface area contributed by atoms with Gasteiger partial charge in [-0.2, -0.15) is 0 Å². The van der Waals surface area contributed by atoms with Crippen molar-refractivity contribution in [2.24, 2.45) is 5.73 Å². The van der Waals surface area contributed by atoms with Gasteiger partial charge in [-0.15, -0.1) is 5.10 Å². The van der Waals surface area contributed by atoms with Crippen molar-refractivity contribution in [2.75, 3.05) is 11.5 Å². The highest BCUT2D eigenvalue weighted by Gasteiger charge is 2.65. The van der Waals surface area contributed by atoms with Gasteiger partial charge in [-0.05, 0) is 52.5 Å². The highest BCUT2D eigenvalue weighted by Crippen LogP contribution is 2.61. The molecule has 0 unspecified atom stereocenters. The molecule has 0 radical (unpaired) electrons. The Labute approximate surface area is 186 Å². The van der Waals surface area contributed by atoms with Gasteiger partial charge in [0.25, 0.3) is 0 Å². The number of carbonyl (C=O) groups is 2. The third-order valence-electron chi connectivity index (χ3n) is 6.97. The predicted octanol–water partition coefficient (Wildman–Crippen LogP) is 3.07. The van der Waals surface area contributed by atoms with Crippen LogP contribution in [0.1, 0.15) is 68.0 Å². The van der Waals surface area contributed by atoms with Gasteiger partial charge < -0.3 is 20.1 Å². The summed E-state index contributed by atoms with van der Waals surface area (Å²) in [6, 6.07) is 4.12. The molecule has 2 atom stereocenters.